The number of carbonyl (C=O) groups is 2. The molecule has 1 aliphatic carbocycles. The number of nitriles is 1. The standard InChI is InChI=1S/C25H29FN4O2/c26-21-9-11-22(12-10-21)28-13-14-29-25(32)23(16-18-5-2-1-3-6-18)30-24(31)20-8-4-7-19(15-20)17-27/h4,7-12,15,18,23,28H,1-3,5-6,13-14,16H2,(H,29,32)(H,30,31). The number of amides is 2. The number of anilines is 1. The van der Waals surface area contributed by atoms with Crippen molar-refractivity contribution >= 4 is 17.5 Å². The molecule has 2 amide bonds. The maximum absolute atomic E-state index is 13.0. The van der Waals surface area contributed by atoms with Crippen LogP contribution in [0.25, 0.3) is 0 Å². The fourth-order valence-corrected chi connectivity index (χ4v) is 4.04. The van der Waals surface area contributed by atoms with Gasteiger partial charge >= 0.3 is 0 Å². The minimum Gasteiger partial charge on any atom is -0.383 e. The van der Waals surface area contributed by atoms with Crippen LogP contribution >= 0.6 is 0 Å². The molecule has 0 aliphatic heterocycles. The molecule has 0 spiro atoms. The van der Waals surface area contributed by atoms with E-state index in [-0.39, 0.29) is 17.6 Å². The van der Waals surface area contributed by atoms with Crippen molar-refractivity contribution in [2.45, 2.75) is 44.6 Å². The Hall–Kier alpha value is -3.40. The van der Waals surface area contributed by atoms with Gasteiger partial charge in [0.05, 0.1) is 11.6 Å². The molecule has 1 atom stereocenters. The van der Waals surface area contributed by atoms with Crippen LogP contribution in [-0.4, -0.2) is 30.9 Å². The summed E-state index contributed by atoms with van der Waals surface area (Å²) in [5, 5.41) is 18.0. The highest BCUT2D eigenvalue weighted by atomic mass is 19.1. The predicted molar refractivity (Wildman–Crippen MR) is 122 cm³/mol. The zero-order chi connectivity index (χ0) is 22.8. The van der Waals surface area contributed by atoms with E-state index in [2.05, 4.69) is 16.0 Å². The zero-order valence-corrected chi connectivity index (χ0v) is 18.1. The van der Waals surface area contributed by atoms with Crippen molar-refractivity contribution in [2.24, 2.45) is 5.92 Å². The molecule has 1 saturated carbocycles. The fraction of sp³-hybridized carbons (Fsp3) is 0.400. The average Bonchev–Trinajstić information content (AvgIpc) is 2.83. The summed E-state index contributed by atoms with van der Waals surface area (Å²) in [4.78, 5) is 25.7. The SMILES string of the molecule is N#Cc1cccc(C(=O)NC(CC2CCCCC2)C(=O)NCCNc2ccc(F)cc2)c1. The van der Waals surface area contributed by atoms with Crippen molar-refractivity contribution in [2.75, 3.05) is 18.4 Å². The summed E-state index contributed by atoms with van der Waals surface area (Å²) in [7, 11) is 0. The van der Waals surface area contributed by atoms with E-state index < -0.39 is 6.04 Å². The van der Waals surface area contributed by atoms with Gasteiger partial charge in [-0.1, -0.05) is 38.2 Å². The van der Waals surface area contributed by atoms with E-state index in [1.807, 2.05) is 6.07 Å². The third-order valence-corrected chi connectivity index (χ3v) is 5.77. The first kappa shape index (κ1) is 23.3. The number of halogens is 1. The van der Waals surface area contributed by atoms with Crippen LogP contribution in [-0.2, 0) is 4.79 Å². The highest BCUT2D eigenvalue weighted by molar-refractivity contribution is 5.97. The van der Waals surface area contributed by atoms with E-state index in [0.29, 0.717) is 36.6 Å². The second kappa shape index (κ2) is 11.8. The summed E-state index contributed by atoms with van der Waals surface area (Å²) >= 11 is 0. The fourth-order valence-electron chi connectivity index (χ4n) is 4.04. The topological polar surface area (TPSA) is 94.0 Å². The molecule has 3 N–H and O–H groups in total. The van der Waals surface area contributed by atoms with Crippen molar-refractivity contribution in [3.63, 3.8) is 0 Å². The summed E-state index contributed by atoms with van der Waals surface area (Å²) in [6.45, 7) is 0.850. The molecular formula is C25H29FN4O2. The molecular weight excluding hydrogens is 407 g/mol. The average molecular weight is 437 g/mol. The lowest BCUT2D eigenvalue weighted by molar-refractivity contribution is -0.123. The van der Waals surface area contributed by atoms with E-state index in [9.17, 15) is 14.0 Å². The molecule has 1 fully saturated rings. The smallest absolute Gasteiger partial charge is 0.251 e. The van der Waals surface area contributed by atoms with E-state index >= 15 is 0 Å². The van der Waals surface area contributed by atoms with Crippen molar-refractivity contribution in [1.82, 2.24) is 10.6 Å². The van der Waals surface area contributed by atoms with Crippen molar-refractivity contribution in [3.05, 3.63) is 65.5 Å². The molecule has 0 radical (unpaired) electrons. The van der Waals surface area contributed by atoms with E-state index in [1.54, 1.807) is 30.3 Å². The first-order valence-corrected chi connectivity index (χ1v) is 11.1. The summed E-state index contributed by atoms with van der Waals surface area (Å²) in [6, 6.07) is 13.9. The van der Waals surface area contributed by atoms with Gasteiger partial charge in [-0.05, 0) is 54.8 Å². The lowest BCUT2D eigenvalue weighted by Crippen LogP contribution is -2.48. The van der Waals surface area contributed by atoms with Crippen LogP contribution in [0.15, 0.2) is 48.5 Å². The molecule has 32 heavy (non-hydrogen) atoms. The molecule has 2 aromatic carbocycles. The van der Waals surface area contributed by atoms with Gasteiger partial charge in [0.1, 0.15) is 11.9 Å². The lowest BCUT2D eigenvalue weighted by atomic mass is 9.84. The van der Waals surface area contributed by atoms with Gasteiger partial charge in [0.15, 0.2) is 0 Å². The van der Waals surface area contributed by atoms with Gasteiger partial charge in [-0.2, -0.15) is 5.26 Å². The van der Waals surface area contributed by atoms with Crippen LogP contribution in [0.5, 0.6) is 0 Å². The molecule has 0 aromatic heterocycles. The summed E-state index contributed by atoms with van der Waals surface area (Å²) in [5.74, 6) is -0.475. The minimum absolute atomic E-state index is 0.221. The zero-order valence-electron chi connectivity index (χ0n) is 18.1. The molecule has 3 rings (SSSR count). The largest absolute Gasteiger partial charge is 0.383 e. The van der Waals surface area contributed by atoms with Crippen LogP contribution < -0.4 is 16.0 Å². The van der Waals surface area contributed by atoms with Crippen LogP contribution in [0.2, 0.25) is 0 Å². The van der Waals surface area contributed by atoms with Crippen LogP contribution in [0.4, 0.5) is 10.1 Å². The monoisotopic (exact) mass is 436 g/mol. The van der Waals surface area contributed by atoms with Gasteiger partial charge in [-0.15, -0.1) is 0 Å². The Morgan fingerprint density at radius 1 is 1.06 bits per heavy atom. The second-order valence-electron chi connectivity index (χ2n) is 8.18. The van der Waals surface area contributed by atoms with Crippen LogP contribution in [0.3, 0.4) is 0 Å². The van der Waals surface area contributed by atoms with Crippen LogP contribution in [0.1, 0.15) is 54.4 Å². The molecule has 6 nitrogen and oxygen atoms in total. The number of nitrogens with zero attached hydrogens (tertiary/aromatic N) is 1. The minimum atomic E-state index is -0.637. The molecule has 2 aromatic rings. The van der Waals surface area contributed by atoms with E-state index in [1.165, 1.54) is 24.6 Å². The number of hydrogen-bond donors (Lipinski definition) is 3. The number of nitrogens with one attached hydrogen (secondary N) is 3. The van der Waals surface area contributed by atoms with Crippen molar-refractivity contribution in [3.8, 4) is 6.07 Å². The number of benzene rings is 2. The Kier molecular flexibility index (Phi) is 8.61. The lowest BCUT2D eigenvalue weighted by Gasteiger charge is -2.26. The predicted octanol–water partition coefficient (Wildman–Crippen LogP) is 3.99. The first-order valence-electron chi connectivity index (χ1n) is 11.1. The Morgan fingerprint density at radius 2 is 1.81 bits per heavy atom. The highest BCUT2D eigenvalue weighted by Crippen LogP contribution is 2.27. The molecule has 0 heterocycles. The van der Waals surface area contributed by atoms with Crippen molar-refractivity contribution in [1.29, 1.82) is 5.26 Å². The Bertz CT molecular complexity index is 949. The molecule has 7 heteroatoms. The highest BCUT2D eigenvalue weighted by Gasteiger charge is 2.26. The van der Waals surface area contributed by atoms with E-state index in [0.717, 1.165) is 31.4 Å². The quantitative estimate of drug-likeness (QED) is 0.518. The molecule has 0 saturated heterocycles. The van der Waals surface area contributed by atoms with Crippen LogP contribution in [0, 0.1) is 23.1 Å². The van der Waals surface area contributed by atoms with Gasteiger partial charge in [-0.3, -0.25) is 9.59 Å². The molecule has 1 aliphatic rings. The number of hydrogen-bond acceptors (Lipinski definition) is 4. The maximum atomic E-state index is 13.0. The van der Waals surface area contributed by atoms with Gasteiger partial charge in [0.25, 0.3) is 5.91 Å². The van der Waals surface area contributed by atoms with Gasteiger partial charge in [-0.25, -0.2) is 4.39 Å². The molecule has 168 valence electrons. The van der Waals surface area contributed by atoms with Crippen molar-refractivity contribution < 1.29 is 14.0 Å². The normalized spacial score (nSPS) is 14.8. The Balaban J connectivity index is 1.57. The first-order chi connectivity index (χ1) is 15.5. The molecule has 1 unspecified atom stereocenters. The Labute approximate surface area is 188 Å². The second-order valence-corrected chi connectivity index (χ2v) is 8.18. The number of carbonyl (C=O) groups excluding carboxylic acids is 2. The van der Waals surface area contributed by atoms with Gasteiger partial charge < -0.3 is 16.0 Å². The maximum Gasteiger partial charge on any atom is 0.251 e. The Morgan fingerprint density at radius 3 is 2.53 bits per heavy atom. The van der Waals surface area contributed by atoms with Gasteiger partial charge in [0.2, 0.25) is 5.91 Å². The summed E-state index contributed by atoms with van der Waals surface area (Å²) in [6.07, 6.45) is 6.25. The summed E-state index contributed by atoms with van der Waals surface area (Å²) < 4.78 is 13.0. The third kappa shape index (κ3) is 7.09. The third-order valence-electron chi connectivity index (χ3n) is 5.77. The number of rotatable bonds is 9. The molecule has 0 bridgehead atoms. The summed E-state index contributed by atoms with van der Waals surface area (Å²) in [5.41, 5.74) is 1.53. The van der Waals surface area contributed by atoms with Gasteiger partial charge in [0, 0.05) is 24.3 Å². The van der Waals surface area contributed by atoms with E-state index in [4.69, 9.17) is 5.26 Å².